The van der Waals surface area contributed by atoms with Gasteiger partial charge < -0.3 is 5.32 Å². The van der Waals surface area contributed by atoms with Gasteiger partial charge in [0.2, 0.25) is 5.91 Å². The highest BCUT2D eigenvalue weighted by molar-refractivity contribution is 7.13. The third kappa shape index (κ3) is 3.29. The van der Waals surface area contributed by atoms with Gasteiger partial charge in [0.25, 0.3) is 5.56 Å². The SMILES string of the molecule is CC1CCCCC1NC(=O)Cn1ncn2nc(-c3cccs3)cc2c1=O. The summed E-state index contributed by atoms with van der Waals surface area (Å²) in [5.41, 5.74) is 0.842. The summed E-state index contributed by atoms with van der Waals surface area (Å²) in [4.78, 5) is 26.0. The number of carbonyl (C=O) groups is 1. The summed E-state index contributed by atoms with van der Waals surface area (Å²) in [6.07, 6.45) is 5.97. The molecule has 0 saturated heterocycles. The van der Waals surface area contributed by atoms with E-state index in [1.807, 2.05) is 17.5 Å². The van der Waals surface area contributed by atoms with Gasteiger partial charge >= 0.3 is 0 Å². The molecule has 1 N–H and O–H groups in total. The summed E-state index contributed by atoms with van der Waals surface area (Å²) in [5, 5.41) is 13.5. The molecular formula is C18H21N5O2S. The summed E-state index contributed by atoms with van der Waals surface area (Å²) in [7, 11) is 0. The van der Waals surface area contributed by atoms with Crippen LogP contribution in [0.2, 0.25) is 0 Å². The highest BCUT2D eigenvalue weighted by Gasteiger charge is 2.23. The number of nitrogens with one attached hydrogen (secondary N) is 1. The fraction of sp³-hybridized carbons (Fsp3) is 0.444. The standard InChI is InChI=1S/C18H21N5O2S/c1-12-5-2-3-6-13(12)20-17(24)10-22-18(25)15-9-14(16-7-4-8-26-16)21-23(15)11-19-22/h4,7-9,11-13H,2-3,5-6,10H2,1H3,(H,20,24). The van der Waals surface area contributed by atoms with Gasteiger partial charge in [-0.2, -0.15) is 10.2 Å². The predicted molar refractivity (Wildman–Crippen MR) is 100 cm³/mol. The first-order valence-electron chi connectivity index (χ1n) is 8.90. The van der Waals surface area contributed by atoms with Crippen LogP contribution in [0.1, 0.15) is 32.6 Å². The zero-order valence-electron chi connectivity index (χ0n) is 14.6. The predicted octanol–water partition coefficient (Wildman–Crippen LogP) is 2.31. The van der Waals surface area contributed by atoms with Crippen LogP contribution in [0.3, 0.4) is 0 Å². The molecule has 1 aliphatic carbocycles. The quantitative estimate of drug-likeness (QED) is 0.763. The molecule has 0 spiro atoms. The maximum absolute atomic E-state index is 12.7. The summed E-state index contributed by atoms with van der Waals surface area (Å²) in [5.74, 6) is 0.309. The van der Waals surface area contributed by atoms with Crippen LogP contribution in [0.4, 0.5) is 0 Å². The second-order valence-corrected chi connectivity index (χ2v) is 7.81. The Labute approximate surface area is 154 Å². The van der Waals surface area contributed by atoms with Crippen LogP contribution < -0.4 is 10.9 Å². The third-order valence-corrected chi connectivity index (χ3v) is 5.91. The first-order chi connectivity index (χ1) is 12.6. The molecule has 0 aliphatic heterocycles. The van der Waals surface area contributed by atoms with Crippen molar-refractivity contribution in [2.24, 2.45) is 5.92 Å². The maximum atomic E-state index is 12.7. The van der Waals surface area contributed by atoms with E-state index in [9.17, 15) is 9.59 Å². The number of carbonyl (C=O) groups excluding carboxylic acids is 1. The van der Waals surface area contributed by atoms with Crippen molar-refractivity contribution in [2.45, 2.75) is 45.2 Å². The Morgan fingerprint density at radius 1 is 1.38 bits per heavy atom. The van der Waals surface area contributed by atoms with Gasteiger partial charge in [0.05, 0.1) is 4.88 Å². The van der Waals surface area contributed by atoms with Crippen molar-refractivity contribution in [3.05, 3.63) is 40.3 Å². The highest BCUT2D eigenvalue weighted by atomic mass is 32.1. The highest BCUT2D eigenvalue weighted by Crippen LogP contribution is 2.24. The number of nitrogens with zero attached hydrogens (tertiary/aromatic N) is 4. The van der Waals surface area contributed by atoms with E-state index < -0.39 is 0 Å². The lowest BCUT2D eigenvalue weighted by molar-refractivity contribution is -0.123. The molecule has 8 heteroatoms. The topological polar surface area (TPSA) is 81.3 Å². The Bertz CT molecular complexity index is 975. The van der Waals surface area contributed by atoms with Gasteiger partial charge in [-0.05, 0) is 36.3 Å². The largest absolute Gasteiger partial charge is 0.351 e. The van der Waals surface area contributed by atoms with E-state index in [4.69, 9.17) is 0 Å². The number of fused-ring (bicyclic) bond motifs is 1. The van der Waals surface area contributed by atoms with Crippen LogP contribution in [0, 0.1) is 5.92 Å². The maximum Gasteiger partial charge on any atom is 0.293 e. The van der Waals surface area contributed by atoms with Crippen LogP contribution in [0.25, 0.3) is 16.1 Å². The minimum Gasteiger partial charge on any atom is -0.351 e. The van der Waals surface area contributed by atoms with Gasteiger partial charge in [-0.1, -0.05) is 25.8 Å². The Morgan fingerprint density at radius 3 is 3.00 bits per heavy atom. The third-order valence-electron chi connectivity index (χ3n) is 5.01. The van der Waals surface area contributed by atoms with Gasteiger partial charge in [-0.3, -0.25) is 9.59 Å². The number of hydrogen-bond donors (Lipinski definition) is 1. The fourth-order valence-electron chi connectivity index (χ4n) is 3.51. The zero-order chi connectivity index (χ0) is 18.1. The molecule has 3 heterocycles. The smallest absolute Gasteiger partial charge is 0.293 e. The summed E-state index contributed by atoms with van der Waals surface area (Å²) >= 11 is 1.56. The van der Waals surface area contributed by atoms with Crippen molar-refractivity contribution >= 4 is 22.8 Å². The molecule has 26 heavy (non-hydrogen) atoms. The molecular weight excluding hydrogens is 350 g/mol. The normalized spacial score (nSPS) is 20.3. The first-order valence-corrected chi connectivity index (χ1v) is 9.78. The average Bonchev–Trinajstić information content (AvgIpc) is 3.29. The van der Waals surface area contributed by atoms with Gasteiger partial charge in [-0.15, -0.1) is 11.3 Å². The fourth-order valence-corrected chi connectivity index (χ4v) is 4.20. The minimum atomic E-state index is -0.311. The van der Waals surface area contributed by atoms with Gasteiger partial charge in [0, 0.05) is 6.04 Å². The second-order valence-electron chi connectivity index (χ2n) is 6.87. The Hall–Kier alpha value is -2.48. The van der Waals surface area contributed by atoms with E-state index in [2.05, 4.69) is 22.4 Å². The second kappa shape index (κ2) is 7.03. The molecule has 2 unspecified atom stereocenters. The molecule has 1 aliphatic rings. The summed E-state index contributed by atoms with van der Waals surface area (Å²) in [6.45, 7) is 2.09. The monoisotopic (exact) mass is 371 g/mol. The first kappa shape index (κ1) is 17.0. The van der Waals surface area contributed by atoms with Crippen molar-refractivity contribution in [1.29, 1.82) is 0 Å². The van der Waals surface area contributed by atoms with Crippen LogP contribution in [0.5, 0.6) is 0 Å². The van der Waals surface area contributed by atoms with Crippen molar-refractivity contribution in [3.63, 3.8) is 0 Å². The van der Waals surface area contributed by atoms with Crippen molar-refractivity contribution in [2.75, 3.05) is 0 Å². The molecule has 7 nitrogen and oxygen atoms in total. The van der Waals surface area contributed by atoms with E-state index in [1.54, 1.807) is 17.4 Å². The van der Waals surface area contributed by atoms with Crippen LogP contribution in [0.15, 0.2) is 34.7 Å². The Kier molecular flexibility index (Phi) is 4.58. The number of aromatic nitrogens is 4. The lowest BCUT2D eigenvalue weighted by Gasteiger charge is -2.29. The van der Waals surface area contributed by atoms with Crippen LogP contribution >= 0.6 is 11.3 Å². The molecule has 3 aromatic heterocycles. The number of hydrogen-bond acceptors (Lipinski definition) is 5. The van der Waals surface area contributed by atoms with Crippen molar-refractivity contribution in [1.82, 2.24) is 24.7 Å². The molecule has 0 radical (unpaired) electrons. The average molecular weight is 371 g/mol. The molecule has 4 rings (SSSR count). The molecule has 136 valence electrons. The van der Waals surface area contributed by atoms with Gasteiger partial charge in [-0.25, -0.2) is 9.20 Å². The lowest BCUT2D eigenvalue weighted by Crippen LogP contribution is -2.44. The molecule has 3 aromatic rings. The van der Waals surface area contributed by atoms with Crippen molar-refractivity contribution in [3.8, 4) is 10.6 Å². The van der Waals surface area contributed by atoms with Crippen LogP contribution in [-0.4, -0.2) is 31.3 Å². The molecule has 2 atom stereocenters. The molecule has 0 aromatic carbocycles. The van der Waals surface area contributed by atoms with E-state index >= 15 is 0 Å². The summed E-state index contributed by atoms with van der Waals surface area (Å²) < 4.78 is 2.67. The van der Waals surface area contributed by atoms with Crippen LogP contribution in [-0.2, 0) is 11.3 Å². The Morgan fingerprint density at radius 2 is 2.23 bits per heavy atom. The lowest BCUT2D eigenvalue weighted by atomic mass is 9.86. The number of rotatable bonds is 4. The minimum absolute atomic E-state index is 0.0714. The van der Waals surface area contributed by atoms with Gasteiger partial charge in [0.1, 0.15) is 24.1 Å². The molecule has 1 saturated carbocycles. The number of amides is 1. The van der Waals surface area contributed by atoms with Gasteiger partial charge in [0.15, 0.2) is 0 Å². The molecule has 1 fully saturated rings. The molecule has 0 bridgehead atoms. The van der Waals surface area contributed by atoms with E-state index in [0.717, 1.165) is 29.8 Å². The van der Waals surface area contributed by atoms with E-state index in [0.29, 0.717) is 11.4 Å². The van der Waals surface area contributed by atoms with E-state index in [1.165, 1.54) is 21.9 Å². The van der Waals surface area contributed by atoms with E-state index in [-0.39, 0.29) is 24.1 Å². The zero-order valence-corrected chi connectivity index (χ0v) is 15.4. The summed E-state index contributed by atoms with van der Waals surface area (Å²) in [6, 6.07) is 5.83. The number of thiophene rings is 1. The molecule has 1 amide bonds. The van der Waals surface area contributed by atoms with Crippen molar-refractivity contribution < 1.29 is 4.79 Å². The Balaban J connectivity index is 1.54.